The lowest BCUT2D eigenvalue weighted by Gasteiger charge is -2.23. The van der Waals surface area contributed by atoms with Gasteiger partial charge in [0, 0.05) is 24.0 Å². The van der Waals surface area contributed by atoms with Gasteiger partial charge in [0.2, 0.25) is 0 Å². The highest BCUT2D eigenvalue weighted by Gasteiger charge is 2.40. The number of carbonyl (C=O) groups is 1. The summed E-state index contributed by atoms with van der Waals surface area (Å²) in [5.41, 5.74) is 0.715. The smallest absolute Gasteiger partial charge is 0.338 e. The predicted octanol–water partition coefficient (Wildman–Crippen LogP) is 2.44. The standard InChI is InChI=1S/C16H24N2O4S2/c1-2-3-5-11-6-4-9-18(11)24(21,22)16-14(15(19)20)12-7-8-17-10-13(12)23-16/h11,17H,2-10H2,1H3,(H,19,20)/t11-/m1/s1. The van der Waals surface area contributed by atoms with Gasteiger partial charge in [0.05, 0.1) is 5.56 Å². The summed E-state index contributed by atoms with van der Waals surface area (Å²) in [6.45, 7) is 3.83. The molecule has 6 nitrogen and oxygen atoms in total. The van der Waals surface area contributed by atoms with Crippen LogP contribution in [0.5, 0.6) is 0 Å². The molecule has 1 fully saturated rings. The van der Waals surface area contributed by atoms with Crippen LogP contribution in [-0.4, -0.2) is 42.9 Å². The number of unbranched alkanes of at least 4 members (excludes halogenated alkanes) is 1. The molecule has 0 aromatic carbocycles. The van der Waals surface area contributed by atoms with Gasteiger partial charge in [-0.05, 0) is 37.8 Å². The lowest BCUT2D eigenvalue weighted by Crippen LogP contribution is -2.35. The van der Waals surface area contributed by atoms with Crippen molar-refractivity contribution in [2.45, 2.75) is 62.2 Å². The number of carboxylic acids is 1. The summed E-state index contributed by atoms with van der Waals surface area (Å²) in [5.74, 6) is -1.13. The van der Waals surface area contributed by atoms with E-state index in [0.29, 0.717) is 31.6 Å². The fraction of sp³-hybridized carbons (Fsp3) is 0.688. The highest BCUT2D eigenvalue weighted by molar-refractivity contribution is 7.91. The van der Waals surface area contributed by atoms with Crippen LogP contribution >= 0.6 is 11.3 Å². The average molecular weight is 373 g/mol. The Bertz CT molecular complexity index is 727. The first-order valence-electron chi connectivity index (χ1n) is 8.57. The summed E-state index contributed by atoms with van der Waals surface area (Å²) < 4.78 is 28.0. The van der Waals surface area contributed by atoms with E-state index in [1.54, 1.807) is 4.31 Å². The van der Waals surface area contributed by atoms with Crippen molar-refractivity contribution in [3.63, 3.8) is 0 Å². The van der Waals surface area contributed by atoms with Crippen molar-refractivity contribution in [3.8, 4) is 0 Å². The molecular formula is C16H24N2O4S2. The van der Waals surface area contributed by atoms with Crippen LogP contribution < -0.4 is 5.32 Å². The zero-order chi connectivity index (χ0) is 17.3. The van der Waals surface area contributed by atoms with E-state index in [4.69, 9.17) is 0 Å². The number of nitrogens with zero attached hydrogens (tertiary/aromatic N) is 1. The van der Waals surface area contributed by atoms with Crippen molar-refractivity contribution >= 4 is 27.3 Å². The summed E-state index contributed by atoms with van der Waals surface area (Å²) >= 11 is 1.14. The predicted molar refractivity (Wildman–Crippen MR) is 93.1 cm³/mol. The molecule has 3 heterocycles. The van der Waals surface area contributed by atoms with Gasteiger partial charge in [-0.15, -0.1) is 11.3 Å². The number of hydrogen-bond donors (Lipinski definition) is 2. The minimum absolute atomic E-state index is 0.00819. The first kappa shape index (κ1) is 17.8. The van der Waals surface area contributed by atoms with Crippen LogP contribution in [0.2, 0.25) is 0 Å². The maximum atomic E-state index is 13.2. The number of carboxylic acid groups (broad SMARTS) is 1. The molecule has 3 rings (SSSR count). The molecule has 1 aromatic heterocycles. The van der Waals surface area contributed by atoms with E-state index in [2.05, 4.69) is 12.2 Å². The Kier molecular flexibility index (Phi) is 5.29. The molecule has 0 radical (unpaired) electrons. The number of aromatic carboxylic acids is 1. The lowest BCUT2D eigenvalue weighted by atomic mass is 10.1. The highest BCUT2D eigenvalue weighted by atomic mass is 32.2. The van der Waals surface area contributed by atoms with Crippen LogP contribution in [0, 0.1) is 0 Å². The molecule has 0 bridgehead atoms. The Morgan fingerprint density at radius 2 is 2.25 bits per heavy atom. The third kappa shape index (κ3) is 3.12. The van der Waals surface area contributed by atoms with Crippen molar-refractivity contribution in [1.29, 1.82) is 0 Å². The molecule has 1 atom stereocenters. The molecule has 0 unspecified atom stereocenters. The molecule has 2 N–H and O–H groups in total. The largest absolute Gasteiger partial charge is 0.478 e. The molecule has 0 amide bonds. The van der Waals surface area contributed by atoms with Crippen molar-refractivity contribution in [2.24, 2.45) is 0 Å². The molecular weight excluding hydrogens is 348 g/mol. The topological polar surface area (TPSA) is 86.7 Å². The first-order chi connectivity index (χ1) is 11.5. The quantitative estimate of drug-likeness (QED) is 0.801. The van der Waals surface area contributed by atoms with Crippen LogP contribution in [0.1, 0.15) is 59.8 Å². The number of nitrogens with one attached hydrogen (secondary N) is 1. The Morgan fingerprint density at radius 3 is 2.96 bits per heavy atom. The molecule has 1 aromatic rings. The van der Waals surface area contributed by atoms with Crippen molar-refractivity contribution < 1.29 is 18.3 Å². The van der Waals surface area contributed by atoms with Gasteiger partial charge in [-0.25, -0.2) is 13.2 Å². The molecule has 2 aliphatic rings. The molecule has 0 saturated carbocycles. The van der Waals surface area contributed by atoms with Crippen molar-refractivity contribution in [2.75, 3.05) is 13.1 Å². The summed E-state index contributed by atoms with van der Waals surface area (Å²) in [7, 11) is -3.74. The van der Waals surface area contributed by atoms with Gasteiger partial charge in [0.25, 0.3) is 10.0 Å². The van der Waals surface area contributed by atoms with E-state index < -0.39 is 16.0 Å². The van der Waals surface area contributed by atoms with E-state index >= 15 is 0 Å². The summed E-state index contributed by atoms with van der Waals surface area (Å²) in [6.07, 6.45) is 5.17. The van der Waals surface area contributed by atoms with Crippen LogP contribution in [0.4, 0.5) is 0 Å². The van der Waals surface area contributed by atoms with E-state index in [1.165, 1.54) is 0 Å². The fourth-order valence-corrected chi connectivity index (χ4v) is 7.37. The van der Waals surface area contributed by atoms with Crippen LogP contribution in [0.25, 0.3) is 0 Å². The average Bonchev–Trinajstić information content (AvgIpc) is 3.17. The van der Waals surface area contributed by atoms with Gasteiger partial charge in [-0.3, -0.25) is 0 Å². The normalized spacial score (nSPS) is 21.8. The summed E-state index contributed by atoms with van der Waals surface area (Å²) in [6, 6.07) is 0.00819. The van der Waals surface area contributed by atoms with Gasteiger partial charge in [-0.2, -0.15) is 4.31 Å². The van der Waals surface area contributed by atoms with Gasteiger partial charge in [0.15, 0.2) is 0 Å². The Balaban J connectivity index is 2.00. The second-order valence-electron chi connectivity index (χ2n) is 6.45. The molecule has 8 heteroatoms. The first-order valence-corrected chi connectivity index (χ1v) is 10.8. The van der Waals surface area contributed by atoms with Gasteiger partial charge < -0.3 is 10.4 Å². The van der Waals surface area contributed by atoms with E-state index in [-0.39, 0.29) is 15.8 Å². The monoisotopic (exact) mass is 372 g/mol. The number of rotatable bonds is 6. The van der Waals surface area contributed by atoms with Gasteiger partial charge in [0.1, 0.15) is 4.21 Å². The second-order valence-corrected chi connectivity index (χ2v) is 9.64. The van der Waals surface area contributed by atoms with Crippen LogP contribution in [-0.2, 0) is 23.0 Å². The highest BCUT2D eigenvalue weighted by Crippen LogP contribution is 2.38. The molecule has 1 saturated heterocycles. The second kappa shape index (κ2) is 7.11. The minimum atomic E-state index is -3.74. The Labute approximate surface area is 146 Å². The van der Waals surface area contributed by atoms with Gasteiger partial charge >= 0.3 is 5.97 Å². The third-order valence-corrected chi connectivity index (χ3v) is 8.55. The zero-order valence-electron chi connectivity index (χ0n) is 13.9. The van der Waals surface area contributed by atoms with Crippen molar-refractivity contribution in [3.05, 3.63) is 16.0 Å². The summed E-state index contributed by atoms with van der Waals surface area (Å²) in [5, 5.41) is 12.8. The Hall–Kier alpha value is -0.960. The number of fused-ring (bicyclic) bond motifs is 1. The third-order valence-electron chi connectivity index (χ3n) is 4.87. The van der Waals surface area contributed by atoms with Crippen LogP contribution in [0.3, 0.4) is 0 Å². The molecule has 134 valence electrons. The molecule has 0 spiro atoms. The Morgan fingerprint density at radius 1 is 1.46 bits per heavy atom. The maximum Gasteiger partial charge on any atom is 0.338 e. The summed E-state index contributed by atoms with van der Waals surface area (Å²) in [4.78, 5) is 12.6. The number of hydrogen-bond acceptors (Lipinski definition) is 5. The minimum Gasteiger partial charge on any atom is -0.478 e. The fourth-order valence-electron chi connectivity index (χ4n) is 3.67. The van der Waals surface area contributed by atoms with E-state index in [9.17, 15) is 18.3 Å². The van der Waals surface area contributed by atoms with Crippen molar-refractivity contribution in [1.82, 2.24) is 9.62 Å². The zero-order valence-corrected chi connectivity index (χ0v) is 15.5. The van der Waals surface area contributed by atoms with Crippen LogP contribution in [0.15, 0.2) is 4.21 Å². The maximum absolute atomic E-state index is 13.2. The lowest BCUT2D eigenvalue weighted by molar-refractivity contribution is 0.0692. The molecule has 2 aliphatic heterocycles. The number of thiophene rings is 1. The van der Waals surface area contributed by atoms with E-state index in [1.807, 2.05) is 0 Å². The molecule has 0 aliphatic carbocycles. The SMILES string of the molecule is CCCC[C@@H]1CCCN1S(=O)(=O)c1sc2c(c1C(=O)O)CCNC2. The number of sulfonamides is 1. The van der Waals surface area contributed by atoms with Gasteiger partial charge in [-0.1, -0.05) is 19.8 Å². The molecule has 24 heavy (non-hydrogen) atoms. The van der Waals surface area contributed by atoms with E-state index in [0.717, 1.165) is 48.3 Å².